The quantitative estimate of drug-likeness (QED) is 0.192. The molecule has 45 heavy (non-hydrogen) atoms. The van der Waals surface area contributed by atoms with Gasteiger partial charge in [0.25, 0.3) is 0 Å². The Morgan fingerprint density at radius 3 is 1.82 bits per heavy atom. The normalized spacial score (nSPS) is 11.3. The minimum absolute atomic E-state index is 0.101. The van der Waals surface area contributed by atoms with Gasteiger partial charge in [-0.3, -0.25) is 0 Å². The zero-order valence-corrected chi connectivity index (χ0v) is 27.5. The minimum Gasteiger partial charge on any atom is -0.481 e. The first-order valence-electron chi connectivity index (χ1n) is 13.5. The molecule has 4 N–H and O–H groups in total. The largest absolute Gasteiger partial charge is 0.481 e. The highest BCUT2D eigenvalue weighted by atomic mass is 35.5. The first-order chi connectivity index (χ1) is 21.0. The van der Waals surface area contributed by atoms with Gasteiger partial charge in [-0.15, -0.1) is 0 Å². The van der Waals surface area contributed by atoms with E-state index in [1.54, 1.807) is 19.9 Å². The molecule has 0 atom stereocenters. The molecule has 0 bridgehead atoms. The Bertz CT molecular complexity index is 1660. The van der Waals surface area contributed by atoms with Crippen molar-refractivity contribution in [3.8, 4) is 23.3 Å². The summed E-state index contributed by atoms with van der Waals surface area (Å²) in [7, 11) is 2.69. The number of nitrogens with two attached hydrogens (primary N) is 2. The van der Waals surface area contributed by atoms with E-state index in [1.165, 1.54) is 26.6 Å². The maximum atomic E-state index is 13.2. The van der Waals surface area contributed by atoms with Crippen LogP contribution in [-0.4, -0.2) is 44.1 Å². The number of hydrogen-bond acceptors (Lipinski definition) is 12. The average molecular weight is 667 g/mol. The number of rotatable bonds is 8. The second-order valence-corrected chi connectivity index (χ2v) is 11.6. The Morgan fingerprint density at radius 1 is 0.756 bits per heavy atom. The van der Waals surface area contributed by atoms with Crippen molar-refractivity contribution in [2.24, 2.45) is 0 Å². The van der Waals surface area contributed by atoms with Crippen LogP contribution in [0.5, 0.6) is 23.3 Å². The van der Waals surface area contributed by atoms with Gasteiger partial charge in [-0.1, -0.05) is 51.1 Å². The van der Waals surface area contributed by atoms with Crippen molar-refractivity contribution in [3.63, 3.8) is 0 Å². The molecular formula is C29H34ClF3N8O3S. The molecule has 4 heterocycles. The third-order valence-electron chi connectivity index (χ3n) is 5.95. The predicted octanol–water partition coefficient (Wildman–Crippen LogP) is 7.40. The molecule has 0 aliphatic heterocycles. The summed E-state index contributed by atoms with van der Waals surface area (Å²) in [5, 5.41) is 0.364. The highest BCUT2D eigenvalue weighted by Crippen LogP contribution is 2.42. The van der Waals surface area contributed by atoms with Crippen LogP contribution < -0.4 is 25.7 Å². The fourth-order valence-electron chi connectivity index (χ4n) is 3.80. The van der Waals surface area contributed by atoms with Gasteiger partial charge in [0.15, 0.2) is 17.3 Å². The number of pyridine rings is 2. The molecule has 11 nitrogen and oxygen atoms in total. The number of aromatic nitrogens is 6. The number of aryl methyl sites for hydroxylation is 2. The summed E-state index contributed by atoms with van der Waals surface area (Å²) >= 11 is 7.17. The zero-order valence-electron chi connectivity index (χ0n) is 25.9. The maximum absolute atomic E-state index is 13.2. The summed E-state index contributed by atoms with van der Waals surface area (Å²) in [6.07, 6.45) is -1.55. The van der Waals surface area contributed by atoms with Crippen LogP contribution in [-0.2, 0) is 6.18 Å². The average Bonchev–Trinajstić information content (AvgIpc) is 2.95. The number of hydrogen-bond donors (Lipinski definition) is 2. The summed E-state index contributed by atoms with van der Waals surface area (Å²) < 4.78 is 55.5. The molecule has 0 fully saturated rings. The molecule has 0 aromatic carbocycles. The molecule has 0 saturated carbocycles. The summed E-state index contributed by atoms with van der Waals surface area (Å²) in [4.78, 5) is 25.4. The van der Waals surface area contributed by atoms with Crippen molar-refractivity contribution in [2.75, 3.05) is 25.7 Å². The molecule has 0 spiro atoms. The Balaban J connectivity index is 0.000000248. The lowest BCUT2D eigenvalue weighted by molar-refractivity contribution is -0.139. The van der Waals surface area contributed by atoms with E-state index in [9.17, 15) is 13.2 Å². The zero-order chi connectivity index (χ0) is 33.6. The molecular weight excluding hydrogens is 633 g/mol. The Hall–Kier alpha value is -4.11. The van der Waals surface area contributed by atoms with Crippen molar-refractivity contribution in [1.82, 2.24) is 29.9 Å². The van der Waals surface area contributed by atoms with Crippen molar-refractivity contribution < 1.29 is 27.4 Å². The fourth-order valence-corrected chi connectivity index (χ4v) is 5.07. The van der Waals surface area contributed by atoms with Gasteiger partial charge < -0.3 is 25.7 Å². The lowest BCUT2D eigenvalue weighted by Crippen LogP contribution is -2.11. The van der Waals surface area contributed by atoms with Gasteiger partial charge in [0.1, 0.15) is 28.1 Å². The van der Waals surface area contributed by atoms with Crippen LogP contribution in [0.25, 0.3) is 0 Å². The first kappa shape index (κ1) is 35.4. The van der Waals surface area contributed by atoms with E-state index < -0.39 is 17.6 Å². The topological polar surface area (TPSA) is 157 Å². The SMILES string of the molecule is COc1nc(C(C)C)c(Oc2cnc(C)nc2N)cc1Cl.COc1nc(C(C)C)c(Sc2cnc(C)nc2N)cc1C(F)(F)F. The van der Waals surface area contributed by atoms with Crippen LogP contribution in [0, 0.1) is 13.8 Å². The minimum atomic E-state index is -4.57. The summed E-state index contributed by atoms with van der Waals surface area (Å²) in [5.41, 5.74) is 12.0. The van der Waals surface area contributed by atoms with E-state index in [0.717, 1.165) is 23.5 Å². The van der Waals surface area contributed by atoms with E-state index in [2.05, 4.69) is 29.9 Å². The summed E-state index contributed by atoms with van der Waals surface area (Å²) in [6, 6.07) is 2.69. The second kappa shape index (κ2) is 14.8. The molecule has 16 heteroatoms. The molecule has 242 valence electrons. The number of nitrogens with zero attached hydrogens (tertiary/aromatic N) is 6. The van der Waals surface area contributed by atoms with Crippen LogP contribution in [0.15, 0.2) is 34.3 Å². The van der Waals surface area contributed by atoms with E-state index in [0.29, 0.717) is 49.5 Å². The maximum Gasteiger partial charge on any atom is 0.421 e. The van der Waals surface area contributed by atoms with E-state index in [1.807, 2.05) is 27.7 Å². The Labute approximate surface area is 268 Å². The summed E-state index contributed by atoms with van der Waals surface area (Å²) in [6.45, 7) is 11.1. The Kier molecular flexibility index (Phi) is 11.6. The van der Waals surface area contributed by atoms with Gasteiger partial charge in [-0.2, -0.15) is 13.2 Å². The Morgan fingerprint density at radius 2 is 1.31 bits per heavy atom. The molecule has 4 aromatic heterocycles. The monoisotopic (exact) mass is 666 g/mol. The number of halogens is 4. The molecule has 0 amide bonds. The van der Waals surface area contributed by atoms with Crippen LogP contribution in [0.3, 0.4) is 0 Å². The second-order valence-electron chi connectivity index (χ2n) is 10.1. The number of methoxy groups -OCH3 is 2. The number of alkyl halides is 3. The van der Waals surface area contributed by atoms with Crippen LogP contribution in [0.1, 0.15) is 68.1 Å². The fraction of sp³-hybridized carbons (Fsp3) is 0.379. The van der Waals surface area contributed by atoms with Crippen molar-refractivity contribution >= 4 is 35.0 Å². The van der Waals surface area contributed by atoms with Crippen molar-refractivity contribution in [1.29, 1.82) is 0 Å². The van der Waals surface area contributed by atoms with Crippen LogP contribution in [0.2, 0.25) is 5.02 Å². The molecule has 4 aromatic rings. The lowest BCUT2D eigenvalue weighted by atomic mass is 10.1. The van der Waals surface area contributed by atoms with Gasteiger partial charge in [0, 0.05) is 17.2 Å². The van der Waals surface area contributed by atoms with E-state index in [-0.39, 0.29) is 23.5 Å². The summed E-state index contributed by atoms with van der Waals surface area (Å²) in [5.74, 6) is 2.37. The third-order valence-corrected chi connectivity index (χ3v) is 7.30. The molecule has 0 radical (unpaired) electrons. The van der Waals surface area contributed by atoms with Crippen molar-refractivity contribution in [2.45, 2.75) is 69.3 Å². The lowest BCUT2D eigenvalue weighted by Gasteiger charge is -2.18. The number of ether oxygens (including phenoxy) is 3. The number of anilines is 2. The molecule has 0 saturated heterocycles. The predicted molar refractivity (Wildman–Crippen MR) is 166 cm³/mol. The van der Waals surface area contributed by atoms with Gasteiger partial charge in [-0.05, 0) is 31.7 Å². The molecule has 4 rings (SSSR count). The van der Waals surface area contributed by atoms with E-state index in [4.69, 9.17) is 37.3 Å². The van der Waals surface area contributed by atoms with Crippen LogP contribution in [0.4, 0.5) is 24.8 Å². The van der Waals surface area contributed by atoms with Crippen molar-refractivity contribution in [3.05, 3.63) is 58.1 Å². The van der Waals surface area contributed by atoms with Gasteiger partial charge in [0.05, 0.1) is 36.7 Å². The number of nitrogen functional groups attached to an aromatic ring is 2. The smallest absolute Gasteiger partial charge is 0.421 e. The molecule has 0 unspecified atom stereocenters. The van der Waals surface area contributed by atoms with Crippen LogP contribution >= 0.6 is 23.4 Å². The molecule has 0 aliphatic carbocycles. The molecule has 0 aliphatic rings. The first-order valence-corrected chi connectivity index (χ1v) is 14.7. The van der Waals surface area contributed by atoms with Gasteiger partial charge in [0.2, 0.25) is 11.8 Å². The van der Waals surface area contributed by atoms with E-state index >= 15 is 0 Å². The van der Waals surface area contributed by atoms with Gasteiger partial charge in [-0.25, -0.2) is 29.9 Å². The highest BCUT2D eigenvalue weighted by molar-refractivity contribution is 7.99. The van der Waals surface area contributed by atoms with Gasteiger partial charge >= 0.3 is 6.18 Å². The third kappa shape index (κ3) is 8.97. The highest BCUT2D eigenvalue weighted by Gasteiger charge is 2.36. The standard InChI is InChI=1S/C15H17F3N4OS.C14H17ClN4O2/c1-7(2)12-10(24-11-6-20-8(3)21-13(11)19)5-9(15(16,17)18)14(22-12)23-4;1-7(2)12-10(5-9(15)14(19-12)20-4)21-11-6-17-8(3)18-13(11)16/h5-7H,1-4H3,(H2,19,20,21);5-7H,1-4H3,(H2,16,17,18).